The average molecular weight is 490 g/mol. The lowest BCUT2D eigenvalue weighted by atomic mass is 10.0. The van der Waals surface area contributed by atoms with Crippen molar-refractivity contribution in [1.29, 1.82) is 0 Å². The fraction of sp³-hybridized carbons (Fsp3) is 0.385. The van der Waals surface area contributed by atoms with Crippen LogP contribution >= 0.6 is 11.8 Å². The second kappa shape index (κ2) is 8.80. The molecule has 8 nitrogen and oxygen atoms in total. The van der Waals surface area contributed by atoms with Gasteiger partial charge in [0.1, 0.15) is 11.7 Å². The van der Waals surface area contributed by atoms with Crippen molar-refractivity contribution in [1.82, 2.24) is 24.7 Å². The van der Waals surface area contributed by atoms with Crippen LogP contribution in [0.1, 0.15) is 34.3 Å². The SMILES string of the molecule is Cn1ccc2c(CN3CCSCC3)cc(-c3ccc4c(c3)CN(C3CCC(=O)NC3=O)C4=O)nc21. The number of fused-ring (bicyclic) bond motifs is 2. The molecule has 0 aliphatic carbocycles. The monoisotopic (exact) mass is 489 g/mol. The van der Waals surface area contributed by atoms with E-state index in [0.717, 1.165) is 42.1 Å². The van der Waals surface area contributed by atoms with E-state index in [0.29, 0.717) is 18.5 Å². The van der Waals surface area contributed by atoms with Crippen LogP contribution in [0.25, 0.3) is 22.3 Å². The molecule has 1 unspecified atom stereocenters. The molecule has 0 radical (unpaired) electrons. The number of nitrogens with zero attached hydrogens (tertiary/aromatic N) is 4. The topological polar surface area (TPSA) is 87.5 Å². The molecule has 0 spiro atoms. The fourth-order valence-electron chi connectivity index (χ4n) is 5.31. The summed E-state index contributed by atoms with van der Waals surface area (Å²) < 4.78 is 2.05. The van der Waals surface area contributed by atoms with E-state index in [1.807, 2.05) is 37.0 Å². The number of piperidine rings is 1. The van der Waals surface area contributed by atoms with Crippen LogP contribution in [-0.2, 0) is 29.7 Å². The highest BCUT2D eigenvalue weighted by Gasteiger charge is 2.39. The minimum atomic E-state index is -0.608. The maximum atomic E-state index is 13.1. The highest BCUT2D eigenvalue weighted by Crippen LogP contribution is 2.32. The number of thioether (sulfide) groups is 1. The van der Waals surface area contributed by atoms with Crippen LogP contribution in [0.2, 0.25) is 0 Å². The van der Waals surface area contributed by atoms with Crippen LogP contribution in [0.15, 0.2) is 36.5 Å². The highest BCUT2D eigenvalue weighted by atomic mass is 32.2. The van der Waals surface area contributed by atoms with Gasteiger partial charge in [0.05, 0.1) is 5.69 Å². The number of imide groups is 1. The van der Waals surface area contributed by atoms with E-state index in [9.17, 15) is 14.4 Å². The number of rotatable bonds is 4. The molecule has 3 aliphatic rings. The van der Waals surface area contributed by atoms with Crippen LogP contribution in [-0.4, -0.2) is 67.7 Å². The first-order chi connectivity index (χ1) is 17.0. The Morgan fingerprint density at radius 1 is 1.11 bits per heavy atom. The number of carbonyl (C=O) groups is 3. The average Bonchev–Trinajstić information content (AvgIpc) is 3.39. The van der Waals surface area contributed by atoms with Gasteiger partial charge in [0.2, 0.25) is 11.8 Å². The van der Waals surface area contributed by atoms with Crippen molar-refractivity contribution in [2.45, 2.75) is 32.0 Å². The Hall–Kier alpha value is -3.17. The number of benzene rings is 1. The number of aryl methyl sites for hydroxylation is 1. The molecule has 5 heterocycles. The van der Waals surface area contributed by atoms with Gasteiger partial charge in [-0.25, -0.2) is 4.98 Å². The lowest BCUT2D eigenvalue weighted by Crippen LogP contribution is -2.52. The molecule has 1 N–H and O–H groups in total. The van der Waals surface area contributed by atoms with Crippen molar-refractivity contribution in [3.8, 4) is 11.3 Å². The van der Waals surface area contributed by atoms with Crippen LogP contribution in [0.3, 0.4) is 0 Å². The molecule has 6 rings (SSSR count). The molecule has 0 saturated carbocycles. The minimum absolute atomic E-state index is 0.157. The summed E-state index contributed by atoms with van der Waals surface area (Å²) in [5.74, 6) is 1.50. The Labute approximate surface area is 207 Å². The van der Waals surface area contributed by atoms with Crippen molar-refractivity contribution in [2.24, 2.45) is 7.05 Å². The van der Waals surface area contributed by atoms with Gasteiger partial charge < -0.3 is 9.47 Å². The summed E-state index contributed by atoms with van der Waals surface area (Å²) >= 11 is 2.01. The van der Waals surface area contributed by atoms with Crippen molar-refractivity contribution in [2.75, 3.05) is 24.6 Å². The Balaban J connectivity index is 1.33. The van der Waals surface area contributed by atoms with Gasteiger partial charge in [-0.2, -0.15) is 11.8 Å². The third-order valence-electron chi connectivity index (χ3n) is 7.24. The smallest absolute Gasteiger partial charge is 0.255 e. The van der Waals surface area contributed by atoms with Crippen LogP contribution in [0, 0.1) is 0 Å². The summed E-state index contributed by atoms with van der Waals surface area (Å²) in [6.07, 6.45) is 2.67. The zero-order valence-corrected chi connectivity index (χ0v) is 20.4. The molecule has 2 saturated heterocycles. The first-order valence-electron chi connectivity index (χ1n) is 12.0. The highest BCUT2D eigenvalue weighted by molar-refractivity contribution is 7.99. The number of pyridine rings is 1. The Kier molecular flexibility index (Phi) is 5.61. The molecule has 3 amide bonds. The van der Waals surface area contributed by atoms with Gasteiger partial charge in [0.25, 0.3) is 5.91 Å². The summed E-state index contributed by atoms with van der Waals surface area (Å²) in [4.78, 5) is 46.0. The summed E-state index contributed by atoms with van der Waals surface area (Å²) in [6.45, 7) is 3.43. The molecular weight excluding hydrogens is 462 g/mol. The largest absolute Gasteiger partial charge is 0.336 e. The van der Waals surface area contributed by atoms with E-state index in [1.54, 1.807) is 4.90 Å². The molecule has 180 valence electrons. The van der Waals surface area contributed by atoms with Gasteiger partial charge in [-0.3, -0.25) is 24.6 Å². The van der Waals surface area contributed by atoms with Crippen LogP contribution < -0.4 is 5.32 Å². The van der Waals surface area contributed by atoms with Crippen LogP contribution in [0.5, 0.6) is 0 Å². The van der Waals surface area contributed by atoms with Gasteiger partial charge in [-0.05, 0) is 41.8 Å². The molecule has 1 aromatic carbocycles. The second-order valence-corrected chi connectivity index (χ2v) is 10.7. The van der Waals surface area contributed by atoms with Crippen molar-refractivity contribution in [3.63, 3.8) is 0 Å². The predicted octanol–water partition coefficient (Wildman–Crippen LogP) is 2.55. The summed E-state index contributed by atoms with van der Waals surface area (Å²) in [5.41, 5.74) is 5.56. The van der Waals surface area contributed by atoms with E-state index < -0.39 is 6.04 Å². The van der Waals surface area contributed by atoms with Gasteiger partial charge in [0.15, 0.2) is 0 Å². The number of nitrogens with one attached hydrogen (secondary N) is 1. The summed E-state index contributed by atoms with van der Waals surface area (Å²) in [6, 6.07) is 9.53. The standard InChI is InChI=1S/C26H27N5O3S/c1-29-7-6-19-18(14-30-8-10-35-11-9-30)13-21(27-24(19)29)16-2-3-20-17(12-16)15-31(26(20)34)22-4-5-23(32)28-25(22)33/h2-3,6-7,12-13,22H,4-5,8-11,14-15H2,1H3,(H,28,32,33). The first kappa shape index (κ1) is 22.3. The van der Waals surface area contributed by atoms with Gasteiger partial charge in [0, 0.05) is 73.9 Å². The van der Waals surface area contributed by atoms with Gasteiger partial charge in [-0.1, -0.05) is 6.07 Å². The van der Waals surface area contributed by atoms with Crippen LogP contribution in [0.4, 0.5) is 0 Å². The summed E-state index contributed by atoms with van der Waals surface area (Å²) in [5, 5.41) is 3.54. The molecule has 3 aliphatic heterocycles. The molecule has 9 heteroatoms. The van der Waals surface area contributed by atoms with E-state index >= 15 is 0 Å². The number of aromatic nitrogens is 2. The predicted molar refractivity (Wildman–Crippen MR) is 135 cm³/mol. The van der Waals surface area contributed by atoms with E-state index in [4.69, 9.17) is 4.98 Å². The molecule has 2 aromatic heterocycles. The van der Waals surface area contributed by atoms with Crippen molar-refractivity contribution in [3.05, 3.63) is 53.2 Å². The number of amides is 3. The van der Waals surface area contributed by atoms with E-state index in [-0.39, 0.29) is 24.1 Å². The number of hydrogen-bond acceptors (Lipinski definition) is 6. The summed E-state index contributed by atoms with van der Waals surface area (Å²) in [7, 11) is 2.01. The van der Waals surface area contributed by atoms with Crippen molar-refractivity contribution < 1.29 is 14.4 Å². The number of carbonyl (C=O) groups excluding carboxylic acids is 3. The second-order valence-electron chi connectivity index (χ2n) is 9.49. The molecule has 2 fully saturated rings. The maximum absolute atomic E-state index is 13.1. The quantitative estimate of drug-likeness (QED) is 0.567. The van der Waals surface area contributed by atoms with Gasteiger partial charge >= 0.3 is 0 Å². The third-order valence-corrected chi connectivity index (χ3v) is 8.18. The van der Waals surface area contributed by atoms with E-state index in [2.05, 4.69) is 33.1 Å². The molecule has 35 heavy (non-hydrogen) atoms. The molecule has 3 aromatic rings. The third kappa shape index (κ3) is 4.02. The Morgan fingerprint density at radius 2 is 1.94 bits per heavy atom. The maximum Gasteiger partial charge on any atom is 0.255 e. The minimum Gasteiger partial charge on any atom is -0.336 e. The Bertz CT molecular complexity index is 1360. The lowest BCUT2D eigenvalue weighted by molar-refractivity contribution is -0.136. The zero-order valence-electron chi connectivity index (χ0n) is 19.6. The number of hydrogen-bond donors (Lipinski definition) is 1. The Morgan fingerprint density at radius 3 is 2.74 bits per heavy atom. The first-order valence-corrected chi connectivity index (χ1v) is 13.2. The van der Waals surface area contributed by atoms with Gasteiger partial charge in [-0.15, -0.1) is 0 Å². The lowest BCUT2D eigenvalue weighted by Gasteiger charge is -2.29. The molecule has 1 atom stereocenters. The fourth-order valence-corrected chi connectivity index (χ4v) is 6.29. The molecule has 0 bridgehead atoms. The molecular formula is C26H27N5O3S. The van der Waals surface area contributed by atoms with Crippen molar-refractivity contribution >= 4 is 40.5 Å². The van der Waals surface area contributed by atoms with E-state index in [1.165, 1.54) is 22.5 Å². The zero-order chi connectivity index (χ0) is 24.1. The normalized spacial score (nSPS) is 21.0.